The van der Waals surface area contributed by atoms with Crippen molar-refractivity contribution in [3.63, 3.8) is 0 Å². The summed E-state index contributed by atoms with van der Waals surface area (Å²) in [6.07, 6.45) is 5.72. The predicted octanol–water partition coefficient (Wildman–Crippen LogP) is 3.66. The Morgan fingerprint density at radius 1 is 1.16 bits per heavy atom. The molecule has 0 aliphatic heterocycles. The highest BCUT2D eigenvalue weighted by atomic mass is 16.5. The summed E-state index contributed by atoms with van der Waals surface area (Å²) >= 11 is 0. The zero-order valence-corrected chi connectivity index (χ0v) is 11.7. The lowest BCUT2D eigenvalue weighted by atomic mass is 10.1. The highest BCUT2D eigenvalue weighted by Crippen LogP contribution is 2.23. The first kappa shape index (κ1) is 13.7. The Kier molecular flexibility index (Phi) is 4.61. The number of H-pyrrole nitrogens is 1. The highest BCUT2D eigenvalue weighted by Gasteiger charge is 2.06. The third-order valence-electron chi connectivity index (χ3n) is 3.42. The van der Waals surface area contributed by atoms with Crippen molar-refractivity contribution >= 4 is 10.8 Å². The minimum atomic E-state index is -0.0260. The molecule has 1 aromatic carbocycles. The minimum absolute atomic E-state index is 0.0260. The minimum Gasteiger partial charge on any atom is -0.496 e. The second-order valence-corrected chi connectivity index (χ2v) is 4.86. The van der Waals surface area contributed by atoms with Gasteiger partial charge in [-0.1, -0.05) is 32.3 Å². The summed E-state index contributed by atoms with van der Waals surface area (Å²) in [4.78, 5) is 15.0. The Balaban J connectivity index is 2.29. The van der Waals surface area contributed by atoms with Gasteiger partial charge in [0.2, 0.25) is 0 Å². The number of methoxy groups -OCH3 is 1. The van der Waals surface area contributed by atoms with Crippen molar-refractivity contribution in [1.29, 1.82) is 0 Å². The summed E-state index contributed by atoms with van der Waals surface area (Å²) in [5, 5.41) is 1.59. The number of benzene rings is 1. The lowest BCUT2D eigenvalue weighted by molar-refractivity contribution is 0.419. The molecule has 0 saturated carbocycles. The first-order valence-electron chi connectivity index (χ1n) is 6.95. The molecule has 3 heteroatoms. The fourth-order valence-electron chi connectivity index (χ4n) is 2.37. The number of fused-ring (bicyclic) bond motifs is 1. The van der Waals surface area contributed by atoms with Crippen molar-refractivity contribution in [1.82, 2.24) is 4.98 Å². The Hall–Kier alpha value is -1.77. The topological polar surface area (TPSA) is 42.1 Å². The summed E-state index contributed by atoms with van der Waals surface area (Å²) in [7, 11) is 1.64. The molecule has 0 aliphatic carbocycles. The largest absolute Gasteiger partial charge is 0.496 e. The summed E-state index contributed by atoms with van der Waals surface area (Å²) in [5.41, 5.74) is 0.972. The van der Waals surface area contributed by atoms with E-state index in [1.807, 2.05) is 24.3 Å². The second-order valence-electron chi connectivity index (χ2n) is 4.86. The van der Waals surface area contributed by atoms with E-state index in [4.69, 9.17) is 4.74 Å². The van der Waals surface area contributed by atoms with E-state index in [1.165, 1.54) is 19.3 Å². The smallest absolute Gasteiger partial charge is 0.256 e. The Labute approximate surface area is 113 Å². The van der Waals surface area contributed by atoms with Crippen LogP contribution in [0, 0.1) is 0 Å². The van der Waals surface area contributed by atoms with Crippen LogP contribution in [0.1, 0.15) is 38.3 Å². The molecule has 0 unspecified atom stereocenters. The van der Waals surface area contributed by atoms with E-state index in [-0.39, 0.29) is 5.56 Å². The summed E-state index contributed by atoms with van der Waals surface area (Å²) in [6, 6.07) is 7.61. The van der Waals surface area contributed by atoms with E-state index >= 15 is 0 Å². The van der Waals surface area contributed by atoms with Crippen LogP contribution in [0.5, 0.6) is 5.75 Å². The van der Waals surface area contributed by atoms with Crippen molar-refractivity contribution in [2.24, 2.45) is 0 Å². The molecule has 102 valence electrons. The number of aryl methyl sites for hydroxylation is 1. The predicted molar refractivity (Wildman–Crippen MR) is 79.0 cm³/mol. The van der Waals surface area contributed by atoms with Crippen LogP contribution >= 0.6 is 0 Å². The van der Waals surface area contributed by atoms with E-state index < -0.39 is 0 Å². The molecule has 0 atom stereocenters. The molecule has 0 spiro atoms. The second kappa shape index (κ2) is 6.41. The van der Waals surface area contributed by atoms with Crippen molar-refractivity contribution in [3.8, 4) is 5.75 Å². The summed E-state index contributed by atoms with van der Waals surface area (Å²) in [6.45, 7) is 2.20. The zero-order chi connectivity index (χ0) is 13.7. The first-order valence-corrected chi connectivity index (χ1v) is 6.95. The lowest BCUT2D eigenvalue weighted by Crippen LogP contribution is -2.09. The van der Waals surface area contributed by atoms with E-state index in [9.17, 15) is 4.79 Å². The average molecular weight is 259 g/mol. The van der Waals surface area contributed by atoms with Crippen LogP contribution < -0.4 is 10.3 Å². The van der Waals surface area contributed by atoms with Crippen molar-refractivity contribution < 1.29 is 4.74 Å². The molecular weight excluding hydrogens is 238 g/mol. The summed E-state index contributed by atoms with van der Waals surface area (Å²) in [5.74, 6) is 0.762. The van der Waals surface area contributed by atoms with Gasteiger partial charge < -0.3 is 9.72 Å². The Morgan fingerprint density at radius 3 is 2.74 bits per heavy atom. The molecule has 0 amide bonds. The van der Waals surface area contributed by atoms with Gasteiger partial charge in [-0.2, -0.15) is 0 Å². The fraction of sp³-hybridized carbons (Fsp3) is 0.438. The van der Waals surface area contributed by atoms with Crippen LogP contribution in [0.4, 0.5) is 0 Å². The maximum absolute atomic E-state index is 12.0. The number of rotatable bonds is 6. The normalized spacial score (nSPS) is 10.8. The lowest BCUT2D eigenvalue weighted by Gasteiger charge is -2.07. The summed E-state index contributed by atoms with van der Waals surface area (Å²) < 4.78 is 5.33. The quantitative estimate of drug-likeness (QED) is 0.804. The van der Waals surface area contributed by atoms with Gasteiger partial charge in [0.1, 0.15) is 5.75 Å². The molecule has 2 rings (SSSR count). The van der Waals surface area contributed by atoms with Crippen molar-refractivity contribution in [3.05, 3.63) is 40.3 Å². The van der Waals surface area contributed by atoms with Gasteiger partial charge in [0.05, 0.1) is 12.5 Å². The fourth-order valence-corrected chi connectivity index (χ4v) is 2.37. The molecule has 0 radical (unpaired) electrons. The molecule has 0 fully saturated rings. The zero-order valence-electron chi connectivity index (χ0n) is 11.7. The van der Waals surface area contributed by atoms with Gasteiger partial charge in [-0.05, 0) is 31.0 Å². The van der Waals surface area contributed by atoms with Crippen LogP contribution in [0.25, 0.3) is 10.8 Å². The molecule has 0 bridgehead atoms. The van der Waals surface area contributed by atoms with E-state index in [0.717, 1.165) is 29.7 Å². The van der Waals surface area contributed by atoms with Gasteiger partial charge in [-0.25, -0.2) is 0 Å². The molecule has 0 saturated heterocycles. The van der Waals surface area contributed by atoms with Gasteiger partial charge in [0.25, 0.3) is 5.56 Å². The van der Waals surface area contributed by atoms with Crippen LogP contribution in [0.15, 0.2) is 29.1 Å². The maximum Gasteiger partial charge on any atom is 0.256 e. The van der Waals surface area contributed by atoms with E-state index in [2.05, 4.69) is 11.9 Å². The number of pyridine rings is 1. The third kappa shape index (κ3) is 3.16. The number of nitrogens with one attached hydrogen (secondary N) is 1. The van der Waals surface area contributed by atoms with Crippen LogP contribution in [-0.4, -0.2) is 12.1 Å². The standard InChI is InChI=1S/C16H21NO2/c1-3-4-5-6-8-12-11-14-13(16(18)17-12)9-7-10-15(14)19-2/h7,9-11H,3-6,8H2,1-2H3,(H,17,18). The maximum atomic E-state index is 12.0. The molecule has 1 N–H and O–H groups in total. The monoisotopic (exact) mass is 259 g/mol. The van der Waals surface area contributed by atoms with Gasteiger partial charge in [0.15, 0.2) is 0 Å². The van der Waals surface area contributed by atoms with E-state index in [1.54, 1.807) is 7.11 Å². The van der Waals surface area contributed by atoms with Gasteiger partial charge in [0, 0.05) is 11.1 Å². The Morgan fingerprint density at radius 2 is 2.00 bits per heavy atom. The molecular formula is C16H21NO2. The molecule has 3 nitrogen and oxygen atoms in total. The van der Waals surface area contributed by atoms with E-state index in [0.29, 0.717) is 5.39 Å². The molecule has 1 heterocycles. The van der Waals surface area contributed by atoms with Crippen molar-refractivity contribution in [2.75, 3.05) is 7.11 Å². The first-order chi connectivity index (χ1) is 9.26. The number of ether oxygens (including phenoxy) is 1. The van der Waals surface area contributed by atoms with Gasteiger partial charge in [-0.3, -0.25) is 4.79 Å². The number of aromatic amines is 1. The molecule has 19 heavy (non-hydrogen) atoms. The average Bonchev–Trinajstić information content (AvgIpc) is 2.43. The van der Waals surface area contributed by atoms with Crippen LogP contribution in [0.2, 0.25) is 0 Å². The SMILES string of the molecule is CCCCCCc1cc2c(OC)cccc2c(=O)[nH]1. The Bertz CT molecular complexity index is 601. The van der Waals surface area contributed by atoms with Gasteiger partial charge >= 0.3 is 0 Å². The number of hydrogen-bond acceptors (Lipinski definition) is 2. The van der Waals surface area contributed by atoms with Crippen LogP contribution in [-0.2, 0) is 6.42 Å². The number of unbranched alkanes of at least 4 members (excludes halogenated alkanes) is 3. The number of hydrogen-bond donors (Lipinski definition) is 1. The molecule has 0 aliphatic rings. The van der Waals surface area contributed by atoms with Gasteiger partial charge in [-0.15, -0.1) is 0 Å². The van der Waals surface area contributed by atoms with Crippen molar-refractivity contribution in [2.45, 2.75) is 39.0 Å². The highest BCUT2D eigenvalue weighted by molar-refractivity contribution is 5.87. The number of aromatic nitrogens is 1. The molecule has 2 aromatic rings. The molecule has 1 aromatic heterocycles. The van der Waals surface area contributed by atoms with Crippen LogP contribution in [0.3, 0.4) is 0 Å². The third-order valence-corrected chi connectivity index (χ3v) is 3.42.